The monoisotopic (exact) mass is 492 g/mol. The number of carbonyl (C=O) groups excluding carboxylic acids is 1. The molecule has 0 unspecified atom stereocenters. The molecule has 2 rings (SSSR count). The molecule has 0 aliphatic rings. The molecule has 0 saturated carbocycles. The highest BCUT2D eigenvalue weighted by Gasteiger charge is 2.32. The fourth-order valence-electron chi connectivity index (χ4n) is 2.57. The molecule has 0 saturated heterocycles. The topological polar surface area (TPSA) is 100 Å². The van der Waals surface area contributed by atoms with Gasteiger partial charge in [-0.1, -0.05) is 6.92 Å². The predicted molar refractivity (Wildman–Crippen MR) is 114 cm³/mol. The molecule has 0 aliphatic heterocycles. The van der Waals surface area contributed by atoms with E-state index >= 15 is 0 Å². The Morgan fingerprint density at radius 1 is 1.15 bits per heavy atom. The van der Waals surface area contributed by atoms with E-state index in [-0.39, 0.29) is 23.5 Å². The number of hydrogen-bond acceptors (Lipinski definition) is 5. The van der Waals surface area contributed by atoms with Crippen molar-refractivity contribution in [1.82, 2.24) is 10.3 Å². The van der Waals surface area contributed by atoms with E-state index < -0.39 is 45.1 Å². The van der Waals surface area contributed by atoms with Crippen molar-refractivity contribution in [2.45, 2.75) is 26.1 Å². The van der Waals surface area contributed by atoms with Crippen molar-refractivity contribution < 1.29 is 35.2 Å². The van der Waals surface area contributed by atoms with Crippen molar-refractivity contribution in [1.29, 1.82) is 0 Å². The number of rotatable bonds is 9. The van der Waals surface area contributed by atoms with Crippen molar-refractivity contribution in [3.63, 3.8) is 0 Å². The Bertz CT molecular complexity index is 1130. The van der Waals surface area contributed by atoms with Crippen LogP contribution >= 0.6 is 0 Å². The van der Waals surface area contributed by atoms with Crippen LogP contribution in [0.5, 0.6) is 0 Å². The molecule has 33 heavy (non-hydrogen) atoms. The van der Waals surface area contributed by atoms with Crippen LogP contribution in [0.3, 0.4) is 0 Å². The lowest BCUT2D eigenvalue weighted by Crippen LogP contribution is -2.21. The molecule has 7 nitrogen and oxygen atoms in total. The minimum atomic E-state index is -4.63. The number of pyridine rings is 1. The summed E-state index contributed by atoms with van der Waals surface area (Å²) in [7, 11) is -3.90. The van der Waals surface area contributed by atoms with E-state index in [9.17, 15) is 35.2 Å². The Labute approximate surface area is 187 Å². The molecule has 1 aromatic heterocycles. The lowest BCUT2D eigenvalue weighted by Gasteiger charge is -2.12. The normalized spacial score (nSPS) is 12.1. The summed E-state index contributed by atoms with van der Waals surface area (Å²) in [6.07, 6.45) is -0.970. The summed E-state index contributed by atoms with van der Waals surface area (Å²) in [4.78, 5) is 15.6. The SMILES string of the molecule is CCCNc1nc(C(F)(F)F)ccc1C=CC(=O)NCc1cc(F)c(NS(C)(=O)=O)c(F)c1. The second-order valence-electron chi connectivity index (χ2n) is 6.92. The first-order valence-corrected chi connectivity index (χ1v) is 11.4. The van der Waals surface area contributed by atoms with E-state index in [2.05, 4.69) is 15.6 Å². The molecule has 0 aliphatic carbocycles. The zero-order valence-electron chi connectivity index (χ0n) is 17.6. The van der Waals surface area contributed by atoms with Gasteiger partial charge in [-0.3, -0.25) is 9.52 Å². The molecule has 180 valence electrons. The minimum absolute atomic E-state index is 0.0206. The average Bonchev–Trinajstić information content (AvgIpc) is 2.70. The van der Waals surface area contributed by atoms with Crippen LogP contribution in [0.1, 0.15) is 30.2 Å². The molecule has 0 radical (unpaired) electrons. The quantitative estimate of drug-likeness (QED) is 0.364. The highest BCUT2D eigenvalue weighted by molar-refractivity contribution is 7.92. The van der Waals surface area contributed by atoms with Gasteiger partial charge >= 0.3 is 6.18 Å². The zero-order chi connectivity index (χ0) is 24.8. The van der Waals surface area contributed by atoms with Gasteiger partial charge in [-0.2, -0.15) is 13.2 Å². The molecule has 1 heterocycles. The molecule has 1 aromatic carbocycles. The van der Waals surface area contributed by atoms with Crippen molar-refractivity contribution >= 4 is 33.5 Å². The van der Waals surface area contributed by atoms with Gasteiger partial charge < -0.3 is 10.6 Å². The number of carbonyl (C=O) groups is 1. The molecule has 3 N–H and O–H groups in total. The maximum Gasteiger partial charge on any atom is 0.433 e. The minimum Gasteiger partial charge on any atom is -0.370 e. The number of nitrogens with one attached hydrogen (secondary N) is 3. The van der Waals surface area contributed by atoms with Crippen molar-refractivity contribution in [2.24, 2.45) is 0 Å². The summed E-state index contributed by atoms with van der Waals surface area (Å²) >= 11 is 0. The van der Waals surface area contributed by atoms with Crippen LogP contribution in [0.4, 0.5) is 33.5 Å². The summed E-state index contributed by atoms with van der Waals surface area (Å²) < 4.78 is 90.8. The summed E-state index contributed by atoms with van der Waals surface area (Å²) in [6, 6.07) is 3.66. The highest BCUT2D eigenvalue weighted by Crippen LogP contribution is 2.30. The number of nitrogens with zero attached hydrogens (tertiary/aromatic N) is 1. The van der Waals surface area contributed by atoms with Crippen LogP contribution < -0.4 is 15.4 Å². The van der Waals surface area contributed by atoms with E-state index in [1.807, 2.05) is 6.92 Å². The Morgan fingerprint density at radius 3 is 2.33 bits per heavy atom. The first-order valence-electron chi connectivity index (χ1n) is 9.54. The number of benzene rings is 1. The number of sulfonamides is 1. The van der Waals surface area contributed by atoms with Crippen molar-refractivity contribution in [3.05, 3.63) is 58.8 Å². The van der Waals surface area contributed by atoms with Crippen LogP contribution in [0, 0.1) is 11.6 Å². The molecule has 0 bridgehead atoms. The Morgan fingerprint density at radius 2 is 1.79 bits per heavy atom. The van der Waals surface area contributed by atoms with Gasteiger partial charge in [0.05, 0.1) is 6.26 Å². The molecular formula is C20H21F5N4O3S. The maximum absolute atomic E-state index is 14.0. The number of halogens is 5. The van der Waals surface area contributed by atoms with Crippen LogP contribution in [0.15, 0.2) is 30.3 Å². The van der Waals surface area contributed by atoms with Crippen LogP contribution in [0.2, 0.25) is 0 Å². The average molecular weight is 492 g/mol. The van der Waals surface area contributed by atoms with E-state index in [0.717, 1.165) is 36.6 Å². The molecule has 0 atom stereocenters. The van der Waals surface area contributed by atoms with Crippen molar-refractivity contribution in [3.8, 4) is 0 Å². The third-order valence-corrected chi connectivity index (χ3v) is 4.60. The van der Waals surface area contributed by atoms with Gasteiger partial charge in [0.1, 0.15) is 17.2 Å². The van der Waals surface area contributed by atoms with Gasteiger partial charge in [0.15, 0.2) is 11.6 Å². The van der Waals surface area contributed by atoms with Gasteiger partial charge in [-0.05, 0) is 42.3 Å². The second kappa shape index (κ2) is 10.6. The molecule has 0 fully saturated rings. The summed E-state index contributed by atoms with van der Waals surface area (Å²) in [6.45, 7) is 1.89. The number of aromatic nitrogens is 1. The lowest BCUT2D eigenvalue weighted by molar-refractivity contribution is -0.141. The van der Waals surface area contributed by atoms with Gasteiger partial charge in [0, 0.05) is 24.7 Å². The molecule has 1 amide bonds. The van der Waals surface area contributed by atoms with E-state index in [1.165, 1.54) is 6.08 Å². The smallest absolute Gasteiger partial charge is 0.370 e. The maximum atomic E-state index is 14.0. The Kier molecular flexibility index (Phi) is 8.36. The standard InChI is InChI=1S/C20H21F5N4O3S/c1-3-8-26-19-13(4-6-16(28-19)20(23,24)25)5-7-17(30)27-11-12-9-14(21)18(15(22)10-12)29-33(2,31)32/h4-7,9-10,29H,3,8,11H2,1-2H3,(H,26,28)(H,27,30). The molecule has 2 aromatic rings. The molecule has 0 spiro atoms. The van der Waals surface area contributed by atoms with Crippen molar-refractivity contribution in [2.75, 3.05) is 22.8 Å². The number of amides is 1. The van der Waals surface area contributed by atoms with Crippen LogP contribution in [0.25, 0.3) is 6.08 Å². The highest BCUT2D eigenvalue weighted by atomic mass is 32.2. The lowest BCUT2D eigenvalue weighted by atomic mass is 10.2. The number of hydrogen-bond donors (Lipinski definition) is 3. The van der Waals surface area contributed by atoms with E-state index in [0.29, 0.717) is 13.0 Å². The molecule has 13 heteroatoms. The summed E-state index contributed by atoms with van der Waals surface area (Å²) in [5.41, 5.74) is -1.66. The third kappa shape index (κ3) is 8.00. The van der Waals surface area contributed by atoms with Crippen LogP contribution in [-0.2, 0) is 27.5 Å². The number of alkyl halides is 3. The summed E-state index contributed by atoms with van der Waals surface area (Å²) in [5.74, 6) is -3.06. The Hall–Kier alpha value is -3.22. The first kappa shape index (κ1) is 26.0. The molecular weight excluding hydrogens is 471 g/mol. The fraction of sp³-hybridized carbons (Fsp3) is 0.300. The first-order chi connectivity index (χ1) is 15.3. The summed E-state index contributed by atoms with van der Waals surface area (Å²) in [5, 5.41) is 5.14. The number of anilines is 2. The van der Waals surface area contributed by atoms with Crippen LogP contribution in [-0.4, -0.2) is 32.1 Å². The fourth-order valence-corrected chi connectivity index (χ4v) is 3.14. The van der Waals surface area contributed by atoms with E-state index in [1.54, 1.807) is 4.72 Å². The largest absolute Gasteiger partial charge is 0.433 e. The third-order valence-electron chi connectivity index (χ3n) is 4.03. The van der Waals surface area contributed by atoms with Gasteiger partial charge in [0.25, 0.3) is 0 Å². The zero-order valence-corrected chi connectivity index (χ0v) is 18.4. The van der Waals surface area contributed by atoms with E-state index in [4.69, 9.17) is 0 Å². The van der Waals surface area contributed by atoms with Gasteiger partial charge in [0.2, 0.25) is 15.9 Å². The predicted octanol–water partition coefficient (Wildman–Crippen LogP) is 3.90. The second-order valence-corrected chi connectivity index (χ2v) is 8.67. The van der Waals surface area contributed by atoms with Gasteiger partial charge in [-0.15, -0.1) is 0 Å². The Balaban J connectivity index is 2.11. The van der Waals surface area contributed by atoms with Gasteiger partial charge in [-0.25, -0.2) is 22.2 Å².